The predicted molar refractivity (Wildman–Crippen MR) is 144 cm³/mol. The number of piperidine rings is 1. The van der Waals surface area contributed by atoms with E-state index in [0.29, 0.717) is 31.0 Å². The highest BCUT2D eigenvalue weighted by Crippen LogP contribution is 2.37. The van der Waals surface area contributed by atoms with Crippen LogP contribution in [0.25, 0.3) is 27.5 Å². The SMILES string of the molecule is CN(C)C(=O)N1CCC(c2cc(-c3ccc4cn(Cc5ccccc5F)nc4c3)c3c(N)ncnn23)CC1. The van der Waals surface area contributed by atoms with Crippen molar-refractivity contribution in [2.45, 2.75) is 25.3 Å². The lowest BCUT2D eigenvalue weighted by Gasteiger charge is -2.33. The van der Waals surface area contributed by atoms with E-state index >= 15 is 0 Å². The van der Waals surface area contributed by atoms with E-state index in [2.05, 4.69) is 16.1 Å². The number of likely N-dealkylation sites (tertiary alicyclic amines) is 1. The number of nitrogens with two attached hydrogens (primary N) is 1. The van der Waals surface area contributed by atoms with Crippen molar-refractivity contribution < 1.29 is 9.18 Å². The zero-order chi connectivity index (χ0) is 26.4. The van der Waals surface area contributed by atoms with Crippen molar-refractivity contribution in [2.75, 3.05) is 32.9 Å². The van der Waals surface area contributed by atoms with Gasteiger partial charge in [-0.05, 0) is 36.6 Å². The van der Waals surface area contributed by atoms with Crippen LogP contribution < -0.4 is 5.73 Å². The second-order valence-electron chi connectivity index (χ2n) is 10.0. The number of carbonyl (C=O) groups excluding carboxylic acids is 1. The minimum Gasteiger partial charge on any atom is -0.382 e. The van der Waals surface area contributed by atoms with Crippen LogP contribution in [0.5, 0.6) is 0 Å². The van der Waals surface area contributed by atoms with Crippen molar-refractivity contribution in [3.63, 3.8) is 0 Å². The summed E-state index contributed by atoms with van der Waals surface area (Å²) in [4.78, 5) is 20.2. The maximum Gasteiger partial charge on any atom is 0.319 e. The number of hydrogen-bond acceptors (Lipinski definition) is 5. The summed E-state index contributed by atoms with van der Waals surface area (Å²) in [5.41, 5.74) is 11.5. The third kappa shape index (κ3) is 4.21. The summed E-state index contributed by atoms with van der Waals surface area (Å²) in [5, 5.41) is 10.2. The first-order chi connectivity index (χ1) is 18.4. The van der Waals surface area contributed by atoms with Gasteiger partial charge in [-0.3, -0.25) is 4.68 Å². The third-order valence-corrected chi connectivity index (χ3v) is 7.33. The summed E-state index contributed by atoms with van der Waals surface area (Å²) in [6.07, 6.45) is 5.09. The van der Waals surface area contributed by atoms with Crippen LogP contribution in [-0.4, -0.2) is 67.4 Å². The Bertz CT molecular complexity index is 1650. The number of halogens is 1. The van der Waals surface area contributed by atoms with Crippen LogP contribution in [0, 0.1) is 5.82 Å². The standard InChI is InChI=1S/C28H29FN8O/c1-34(2)28(38)35-11-9-18(10-12-35)25-14-22(26-27(30)31-17-32-37(25)26)19-7-8-21-16-36(33-24(21)13-19)15-20-5-3-4-6-23(20)29/h3-8,13-14,16-18H,9-12,15H2,1-2H3,(H2,30,31,32). The van der Waals surface area contributed by atoms with Gasteiger partial charge in [0.1, 0.15) is 17.7 Å². The number of nitrogens with zero attached hydrogens (tertiary/aromatic N) is 7. The van der Waals surface area contributed by atoms with Crippen molar-refractivity contribution in [2.24, 2.45) is 0 Å². The van der Waals surface area contributed by atoms with Gasteiger partial charge < -0.3 is 15.5 Å². The van der Waals surface area contributed by atoms with Gasteiger partial charge in [0, 0.05) is 61.5 Å². The molecular formula is C28H29FN8O. The molecule has 3 aromatic heterocycles. The maximum absolute atomic E-state index is 14.2. The summed E-state index contributed by atoms with van der Waals surface area (Å²) in [7, 11) is 3.56. The van der Waals surface area contributed by atoms with Crippen LogP contribution >= 0.6 is 0 Å². The van der Waals surface area contributed by atoms with Crippen molar-refractivity contribution in [3.05, 3.63) is 78.1 Å². The Hall–Kier alpha value is -4.47. The van der Waals surface area contributed by atoms with Crippen LogP contribution in [0.1, 0.15) is 30.0 Å². The zero-order valence-electron chi connectivity index (χ0n) is 21.4. The molecule has 0 aliphatic carbocycles. The molecular weight excluding hydrogens is 483 g/mol. The number of amides is 2. The van der Waals surface area contributed by atoms with Gasteiger partial charge in [-0.15, -0.1) is 0 Å². The van der Waals surface area contributed by atoms with Crippen molar-refractivity contribution >= 4 is 28.3 Å². The zero-order valence-corrected chi connectivity index (χ0v) is 21.4. The number of nitrogen functional groups attached to an aromatic ring is 1. The molecule has 1 aliphatic heterocycles. The number of aromatic nitrogens is 5. The summed E-state index contributed by atoms with van der Waals surface area (Å²) < 4.78 is 17.8. The van der Waals surface area contributed by atoms with Gasteiger partial charge >= 0.3 is 6.03 Å². The Morgan fingerprint density at radius 1 is 1.13 bits per heavy atom. The lowest BCUT2D eigenvalue weighted by molar-refractivity contribution is 0.156. The quantitative estimate of drug-likeness (QED) is 0.386. The summed E-state index contributed by atoms with van der Waals surface area (Å²) >= 11 is 0. The van der Waals surface area contributed by atoms with E-state index in [1.54, 1.807) is 35.8 Å². The van der Waals surface area contributed by atoms with Crippen LogP contribution in [-0.2, 0) is 6.54 Å². The highest BCUT2D eigenvalue weighted by atomic mass is 19.1. The normalized spacial score (nSPS) is 14.4. The van der Waals surface area contributed by atoms with Gasteiger partial charge in [-0.25, -0.2) is 18.7 Å². The van der Waals surface area contributed by atoms with E-state index in [4.69, 9.17) is 10.8 Å². The molecule has 0 unspecified atom stereocenters. The van der Waals surface area contributed by atoms with Gasteiger partial charge in [0.2, 0.25) is 0 Å². The molecule has 38 heavy (non-hydrogen) atoms. The predicted octanol–water partition coefficient (Wildman–Crippen LogP) is 4.38. The first kappa shape index (κ1) is 23.9. The molecule has 5 aromatic rings. The molecule has 1 fully saturated rings. The Morgan fingerprint density at radius 3 is 2.68 bits per heavy atom. The average molecular weight is 513 g/mol. The lowest BCUT2D eigenvalue weighted by atomic mass is 9.93. The number of urea groups is 1. The number of benzene rings is 2. The highest BCUT2D eigenvalue weighted by Gasteiger charge is 2.28. The fraction of sp³-hybridized carbons (Fsp3) is 0.286. The summed E-state index contributed by atoms with van der Waals surface area (Å²) in [6, 6.07) is 15.0. The fourth-order valence-electron chi connectivity index (χ4n) is 5.37. The molecule has 2 aromatic carbocycles. The van der Waals surface area contributed by atoms with E-state index in [1.165, 1.54) is 12.4 Å². The fourth-order valence-corrected chi connectivity index (χ4v) is 5.37. The highest BCUT2D eigenvalue weighted by molar-refractivity contribution is 5.92. The lowest BCUT2D eigenvalue weighted by Crippen LogP contribution is -2.43. The third-order valence-electron chi connectivity index (χ3n) is 7.33. The van der Waals surface area contributed by atoms with Gasteiger partial charge in [-0.2, -0.15) is 10.2 Å². The van der Waals surface area contributed by atoms with E-state index in [9.17, 15) is 9.18 Å². The molecule has 194 valence electrons. The number of carbonyl (C=O) groups is 1. The number of anilines is 1. The Kier molecular flexibility index (Phi) is 5.94. The monoisotopic (exact) mass is 512 g/mol. The minimum absolute atomic E-state index is 0.0402. The smallest absolute Gasteiger partial charge is 0.319 e. The molecule has 1 saturated heterocycles. The Balaban J connectivity index is 1.34. The molecule has 0 saturated carbocycles. The Labute approximate surface area is 219 Å². The largest absolute Gasteiger partial charge is 0.382 e. The Morgan fingerprint density at radius 2 is 1.92 bits per heavy atom. The van der Waals surface area contributed by atoms with Crippen molar-refractivity contribution in [1.29, 1.82) is 0 Å². The van der Waals surface area contributed by atoms with Gasteiger partial charge in [0.05, 0.1) is 12.1 Å². The number of rotatable bonds is 4. The topological polar surface area (TPSA) is 97.6 Å². The van der Waals surface area contributed by atoms with E-state index in [1.807, 2.05) is 39.9 Å². The summed E-state index contributed by atoms with van der Waals surface area (Å²) in [6.45, 7) is 1.73. The van der Waals surface area contributed by atoms with Crippen molar-refractivity contribution in [3.8, 4) is 11.1 Å². The van der Waals surface area contributed by atoms with Crippen LogP contribution in [0.15, 0.2) is 61.1 Å². The molecule has 0 atom stereocenters. The molecule has 2 amide bonds. The minimum atomic E-state index is -0.243. The molecule has 0 bridgehead atoms. The van der Waals surface area contributed by atoms with E-state index < -0.39 is 0 Å². The molecule has 0 radical (unpaired) electrons. The molecule has 9 nitrogen and oxygen atoms in total. The molecule has 10 heteroatoms. The maximum atomic E-state index is 14.2. The van der Waals surface area contributed by atoms with Crippen LogP contribution in [0.2, 0.25) is 0 Å². The van der Waals surface area contributed by atoms with Gasteiger partial charge in [0.15, 0.2) is 5.82 Å². The van der Waals surface area contributed by atoms with Crippen LogP contribution in [0.4, 0.5) is 15.0 Å². The second kappa shape index (κ2) is 9.44. The molecule has 0 spiro atoms. The van der Waals surface area contributed by atoms with Crippen LogP contribution in [0.3, 0.4) is 0 Å². The average Bonchev–Trinajstić information content (AvgIpc) is 3.51. The summed E-state index contributed by atoms with van der Waals surface area (Å²) in [5.74, 6) is 0.403. The van der Waals surface area contributed by atoms with Crippen molar-refractivity contribution in [1.82, 2.24) is 34.2 Å². The van der Waals surface area contributed by atoms with E-state index in [0.717, 1.165) is 46.1 Å². The first-order valence-electron chi connectivity index (χ1n) is 12.7. The molecule has 1 aliphatic rings. The van der Waals surface area contributed by atoms with Gasteiger partial charge in [0.25, 0.3) is 0 Å². The molecule has 4 heterocycles. The molecule has 6 rings (SSSR count). The van der Waals surface area contributed by atoms with Gasteiger partial charge in [-0.1, -0.05) is 30.3 Å². The number of hydrogen-bond donors (Lipinski definition) is 1. The molecule has 2 N–H and O–H groups in total. The van der Waals surface area contributed by atoms with E-state index in [-0.39, 0.29) is 17.8 Å². The second-order valence-corrected chi connectivity index (χ2v) is 10.0. The number of fused-ring (bicyclic) bond motifs is 2. The first-order valence-corrected chi connectivity index (χ1v) is 12.7.